The molecule has 0 bridgehead atoms. The summed E-state index contributed by atoms with van der Waals surface area (Å²) >= 11 is 0. The third-order valence-electron chi connectivity index (χ3n) is 4.40. The summed E-state index contributed by atoms with van der Waals surface area (Å²) in [6.07, 6.45) is 1.74. The number of sulfone groups is 1. The van der Waals surface area contributed by atoms with Crippen LogP contribution in [0.1, 0.15) is 39.3 Å². The van der Waals surface area contributed by atoms with E-state index >= 15 is 0 Å². The van der Waals surface area contributed by atoms with Crippen LogP contribution in [0.3, 0.4) is 0 Å². The fraction of sp³-hybridized carbons (Fsp3) is 0.786. The van der Waals surface area contributed by atoms with Crippen LogP contribution in [-0.2, 0) is 25.3 Å². The molecule has 0 aromatic carbocycles. The van der Waals surface area contributed by atoms with Crippen molar-refractivity contribution in [1.29, 1.82) is 0 Å². The predicted molar refractivity (Wildman–Crippen MR) is 84.3 cm³/mol. The number of aromatic nitrogens is 1. The van der Waals surface area contributed by atoms with Crippen molar-refractivity contribution >= 4 is 19.9 Å². The van der Waals surface area contributed by atoms with Gasteiger partial charge in [-0.05, 0) is 18.8 Å². The molecule has 1 saturated carbocycles. The highest BCUT2D eigenvalue weighted by Crippen LogP contribution is 2.39. The highest BCUT2D eigenvalue weighted by molar-refractivity contribution is 7.92. The van der Waals surface area contributed by atoms with Crippen LogP contribution in [0.5, 0.6) is 0 Å². The Kier molecular flexibility index (Phi) is 3.89. The van der Waals surface area contributed by atoms with Gasteiger partial charge in [-0.2, -0.15) is 4.31 Å². The largest absolute Gasteiger partial charge is 0.343 e. The Balaban J connectivity index is 1.93. The average Bonchev–Trinajstić information content (AvgIpc) is 3.11. The van der Waals surface area contributed by atoms with E-state index in [0.717, 1.165) is 12.8 Å². The predicted octanol–water partition coefficient (Wildman–Crippen LogP) is 1.17. The molecule has 1 aromatic heterocycles. The van der Waals surface area contributed by atoms with E-state index in [-0.39, 0.29) is 34.5 Å². The van der Waals surface area contributed by atoms with E-state index in [4.69, 9.17) is 4.52 Å². The normalized spacial score (nSPS) is 26.3. The van der Waals surface area contributed by atoms with Crippen molar-refractivity contribution in [2.75, 3.05) is 18.1 Å². The highest BCUT2D eigenvalue weighted by atomic mass is 32.2. The Morgan fingerprint density at radius 1 is 1.30 bits per heavy atom. The van der Waals surface area contributed by atoms with Gasteiger partial charge in [0, 0.05) is 24.1 Å². The molecule has 2 heterocycles. The molecule has 0 radical (unpaired) electrons. The third kappa shape index (κ3) is 3.32. The molecule has 2 fully saturated rings. The highest BCUT2D eigenvalue weighted by Gasteiger charge is 2.47. The fourth-order valence-electron chi connectivity index (χ4n) is 2.82. The molecule has 1 aliphatic heterocycles. The van der Waals surface area contributed by atoms with E-state index in [2.05, 4.69) is 5.16 Å². The minimum absolute atomic E-state index is 0.0165. The minimum atomic E-state index is -3.87. The van der Waals surface area contributed by atoms with Gasteiger partial charge < -0.3 is 4.52 Å². The first-order chi connectivity index (χ1) is 10.5. The van der Waals surface area contributed by atoms with Crippen LogP contribution in [0.25, 0.3) is 0 Å². The average molecular weight is 362 g/mol. The lowest BCUT2D eigenvalue weighted by Crippen LogP contribution is -2.52. The summed E-state index contributed by atoms with van der Waals surface area (Å²) in [6, 6.07) is 0.963. The number of hydrogen-bond acceptors (Lipinski definition) is 6. The van der Waals surface area contributed by atoms with Gasteiger partial charge in [0.15, 0.2) is 9.84 Å². The first-order valence-corrected chi connectivity index (χ1v) is 11.0. The molecule has 0 spiro atoms. The van der Waals surface area contributed by atoms with Gasteiger partial charge in [-0.15, -0.1) is 0 Å². The SMILES string of the molecule is CC(C)(C)c1cc(S(=O)(=O)N2CCS(=O)(=O)CC2C2CC2)on1. The summed E-state index contributed by atoms with van der Waals surface area (Å²) < 4.78 is 55.9. The zero-order valence-corrected chi connectivity index (χ0v) is 15.2. The van der Waals surface area contributed by atoms with E-state index in [1.165, 1.54) is 10.4 Å². The summed E-state index contributed by atoms with van der Waals surface area (Å²) in [5, 5.41) is 3.66. The van der Waals surface area contributed by atoms with Gasteiger partial charge in [0.25, 0.3) is 15.1 Å². The Morgan fingerprint density at radius 3 is 2.48 bits per heavy atom. The molecule has 2 aliphatic rings. The third-order valence-corrected chi connectivity index (χ3v) is 7.83. The maximum atomic E-state index is 12.9. The molecule has 130 valence electrons. The number of sulfonamides is 1. The first-order valence-electron chi connectivity index (χ1n) is 7.70. The van der Waals surface area contributed by atoms with Gasteiger partial charge in [0.2, 0.25) is 0 Å². The number of hydrogen-bond donors (Lipinski definition) is 0. The van der Waals surface area contributed by atoms with Gasteiger partial charge in [0.1, 0.15) is 0 Å². The second-order valence-corrected chi connectivity index (χ2v) is 11.5. The van der Waals surface area contributed by atoms with Crippen molar-refractivity contribution < 1.29 is 21.4 Å². The summed E-state index contributed by atoms with van der Waals surface area (Å²) in [6.45, 7) is 5.74. The minimum Gasteiger partial charge on any atom is -0.343 e. The molecule has 1 atom stereocenters. The Morgan fingerprint density at radius 2 is 1.96 bits per heavy atom. The quantitative estimate of drug-likeness (QED) is 0.800. The molecule has 23 heavy (non-hydrogen) atoms. The van der Waals surface area contributed by atoms with Crippen LogP contribution in [0, 0.1) is 5.92 Å². The molecule has 9 heteroatoms. The molecule has 1 unspecified atom stereocenters. The van der Waals surface area contributed by atoms with Crippen LogP contribution in [0.4, 0.5) is 0 Å². The van der Waals surface area contributed by atoms with Crippen LogP contribution in [-0.4, -0.2) is 50.4 Å². The van der Waals surface area contributed by atoms with Crippen molar-refractivity contribution in [1.82, 2.24) is 9.46 Å². The molecule has 1 saturated heterocycles. The van der Waals surface area contributed by atoms with Crippen LogP contribution < -0.4 is 0 Å². The van der Waals surface area contributed by atoms with Crippen molar-refractivity contribution in [3.05, 3.63) is 11.8 Å². The molecule has 0 amide bonds. The van der Waals surface area contributed by atoms with Gasteiger partial charge in [0.05, 0.1) is 17.2 Å². The number of nitrogens with zero attached hydrogens (tertiary/aromatic N) is 2. The van der Waals surface area contributed by atoms with E-state index in [9.17, 15) is 16.8 Å². The van der Waals surface area contributed by atoms with Gasteiger partial charge in [-0.3, -0.25) is 0 Å². The lowest BCUT2D eigenvalue weighted by atomic mass is 9.93. The second-order valence-electron chi connectivity index (χ2n) is 7.42. The van der Waals surface area contributed by atoms with E-state index in [1.54, 1.807) is 0 Å². The molecular formula is C14H22N2O5S2. The van der Waals surface area contributed by atoms with Crippen LogP contribution in [0.2, 0.25) is 0 Å². The van der Waals surface area contributed by atoms with E-state index in [1.807, 2.05) is 20.8 Å². The maximum Gasteiger partial charge on any atom is 0.279 e. The van der Waals surface area contributed by atoms with Crippen LogP contribution in [0.15, 0.2) is 15.7 Å². The smallest absolute Gasteiger partial charge is 0.279 e. The van der Waals surface area contributed by atoms with E-state index in [0.29, 0.717) is 5.69 Å². The summed E-state index contributed by atoms with van der Waals surface area (Å²) in [5.41, 5.74) is 0.238. The Labute approximate surface area is 137 Å². The zero-order valence-electron chi connectivity index (χ0n) is 13.5. The molecule has 7 nitrogen and oxygen atoms in total. The van der Waals surface area contributed by atoms with Crippen LogP contribution >= 0.6 is 0 Å². The maximum absolute atomic E-state index is 12.9. The molecule has 0 N–H and O–H groups in total. The van der Waals surface area contributed by atoms with Crippen molar-refractivity contribution in [2.45, 2.75) is 50.2 Å². The topological polar surface area (TPSA) is 97.6 Å². The summed E-state index contributed by atoms with van der Waals surface area (Å²) in [5.74, 6) is -0.114. The van der Waals surface area contributed by atoms with Gasteiger partial charge >= 0.3 is 0 Å². The van der Waals surface area contributed by atoms with Crippen molar-refractivity contribution in [3.63, 3.8) is 0 Å². The lowest BCUT2D eigenvalue weighted by Gasteiger charge is -2.33. The second kappa shape index (κ2) is 5.29. The molecule has 3 rings (SSSR count). The molecule has 1 aromatic rings. The van der Waals surface area contributed by atoms with Gasteiger partial charge in [-0.1, -0.05) is 25.9 Å². The first kappa shape index (κ1) is 16.9. The summed E-state index contributed by atoms with van der Waals surface area (Å²) in [7, 11) is -7.05. The van der Waals surface area contributed by atoms with Crippen molar-refractivity contribution in [2.24, 2.45) is 5.92 Å². The standard InChI is InChI=1S/C14H22N2O5S2/c1-14(2,3)12-8-13(21-15-12)23(19,20)16-6-7-22(17,18)9-11(16)10-4-5-10/h8,10-11H,4-7,9H2,1-3H3. The van der Waals surface area contributed by atoms with Gasteiger partial charge in [-0.25, -0.2) is 16.8 Å². The monoisotopic (exact) mass is 362 g/mol. The summed E-state index contributed by atoms with van der Waals surface area (Å²) in [4.78, 5) is 0. The molecule has 1 aliphatic carbocycles. The Bertz CT molecular complexity index is 800. The molecular weight excluding hydrogens is 340 g/mol. The lowest BCUT2D eigenvalue weighted by molar-refractivity contribution is 0.282. The zero-order chi connectivity index (χ0) is 17.0. The van der Waals surface area contributed by atoms with Crippen molar-refractivity contribution in [3.8, 4) is 0 Å². The Hall–Kier alpha value is -0.930. The van der Waals surface area contributed by atoms with E-state index < -0.39 is 25.9 Å². The number of rotatable bonds is 3. The fourth-order valence-corrected chi connectivity index (χ4v) is 6.20.